The van der Waals surface area contributed by atoms with E-state index in [1.54, 1.807) is 0 Å². The van der Waals surface area contributed by atoms with Crippen molar-refractivity contribution in [1.82, 2.24) is 0 Å². The Hall–Kier alpha value is -0.810. The van der Waals surface area contributed by atoms with Crippen LogP contribution in [0, 0.1) is 0 Å². The van der Waals surface area contributed by atoms with Gasteiger partial charge in [-0.25, -0.2) is 0 Å². The van der Waals surface area contributed by atoms with Crippen molar-refractivity contribution in [2.45, 2.75) is 13.8 Å². The van der Waals surface area contributed by atoms with Gasteiger partial charge in [0.1, 0.15) is 13.1 Å². The number of ether oxygens (including phenoxy) is 2. The van der Waals surface area contributed by atoms with Crippen molar-refractivity contribution < 1.29 is 36.0 Å². The fraction of sp³-hybridized carbons (Fsp3) is 0.778. The third-order valence-corrected chi connectivity index (χ3v) is 2.51. The summed E-state index contributed by atoms with van der Waals surface area (Å²) in [6.45, 7) is 16.6. The molecule has 0 aromatic carbocycles. The second-order valence-electron chi connectivity index (χ2n) is 8.46. The molecule has 0 atom stereocenters. The Bertz CT molecular complexity index is 465. The fourth-order valence-corrected chi connectivity index (χ4v) is 1.17. The van der Waals surface area contributed by atoms with Gasteiger partial charge in [-0.1, -0.05) is 24.3 Å². The quantitative estimate of drug-likeness (QED) is 0.176. The van der Waals surface area contributed by atoms with Crippen LogP contribution in [-0.2, 0) is 19.9 Å². The van der Waals surface area contributed by atoms with Crippen molar-refractivity contribution in [3.05, 3.63) is 24.3 Å². The molecule has 0 aromatic rings. The minimum atomic E-state index is -5.17. The average Bonchev–Trinajstić information content (AvgIpc) is 2.36. The van der Waals surface area contributed by atoms with Gasteiger partial charge in [0.25, 0.3) is 0 Å². The molecule has 0 rings (SSSR count). The zero-order valence-corrected chi connectivity index (χ0v) is 19.2. The lowest BCUT2D eigenvalue weighted by molar-refractivity contribution is -0.870. The van der Waals surface area contributed by atoms with E-state index in [9.17, 15) is 0 Å². The van der Waals surface area contributed by atoms with Gasteiger partial charge in [0.2, 0.25) is 0 Å². The van der Waals surface area contributed by atoms with Crippen LogP contribution in [0.3, 0.4) is 0 Å². The van der Waals surface area contributed by atoms with Crippen LogP contribution < -0.4 is 0 Å². The Morgan fingerprint density at radius 3 is 1.15 bits per heavy atom. The van der Waals surface area contributed by atoms with Gasteiger partial charge in [-0.2, -0.15) is 0 Å². The molecule has 8 nitrogen and oxygen atoms in total. The first-order valence-corrected chi connectivity index (χ1v) is 9.88. The van der Waals surface area contributed by atoms with Crippen LogP contribution in [0.4, 0.5) is 0 Å². The molecule has 0 unspecified atom stereocenters. The Balaban J connectivity index is -0.000000344. The van der Waals surface area contributed by atoms with Crippen molar-refractivity contribution >= 4 is 10.4 Å². The maximum Gasteiger partial charge on any atom is 0.102 e. The number of rotatable bonds is 10. The molecule has 0 aliphatic carbocycles. The molecule has 0 saturated carbocycles. The van der Waals surface area contributed by atoms with Crippen molar-refractivity contribution in [1.29, 1.82) is 0 Å². The maximum atomic E-state index is 8.52. The first-order valence-electron chi connectivity index (χ1n) is 8.55. The molecule has 0 bridgehead atoms. The third-order valence-electron chi connectivity index (χ3n) is 2.51. The highest BCUT2D eigenvalue weighted by Crippen LogP contribution is 1.93. The van der Waals surface area contributed by atoms with E-state index in [-0.39, 0.29) is 0 Å². The summed E-state index contributed by atoms with van der Waals surface area (Å²) in [6.07, 6.45) is 0. The number of likely N-dealkylation sites (N-methyl/N-ethyl adjacent to an activating group) is 2. The Morgan fingerprint density at radius 2 is 1.00 bits per heavy atom. The smallest absolute Gasteiger partial charge is 0.102 e. The molecule has 0 aromatic heterocycles. The van der Waals surface area contributed by atoms with E-state index in [0.717, 1.165) is 46.4 Å². The highest BCUT2D eigenvalue weighted by Gasteiger charge is 2.05. The van der Waals surface area contributed by atoms with Crippen molar-refractivity contribution in [3.63, 3.8) is 0 Å². The summed E-state index contributed by atoms with van der Waals surface area (Å²) >= 11 is 0. The lowest BCUT2D eigenvalue weighted by atomic mass is 10.4. The Kier molecular flexibility index (Phi) is 17.3. The van der Waals surface area contributed by atoms with Gasteiger partial charge >= 0.3 is 0 Å². The van der Waals surface area contributed by atoms with Gasteiger partial charge in [-0.15, -0.1) is 0 Å². The SMILES string of the molecule is C=C(C)COCC[N+](C)(C)C.C=C(C)COCC[N+](C)(C)C.O=S(=O)([O-])[O-]. The van der Waals surface area contributed by atoms with Crippen LogP contribution in [0.1, 0.15) is 13.8 Å². The molecule has 0 saturated heterocycles. The minimum absolute atomic E-state index is 0.694. The van der Waals surface area contributed by atoms with E-state index >= 15 is 0 Å². The molecule has 0 heterocycles. The molecule has 0 N–H and O–H groups in total. The normalized spacial score (nSPS) is 11.6. The third kappa shape index (κ3) is 58.7. The van der Waals surface area contributed by atoms with Gasteiger partial charge in [-0.3, -0.25) is 8.42 Å². The van der Waals surface area contributed by atoms with E-state index in [1.165, 1.54) is 0 Å². The monoisotopic (exact) mass is 412 g/mol. The fourth-order valence-electron chi connectivity index (χ4n) is 1.17. The summed E-state index contributed by atoms with van der Waals surface area (Å²) in [5.74, 6) is 0. The van der Waals surface area contributed by atoms with Crippen LogP contribution in [0.25, 0.3) is 0 Å². The summed E-state index contributed by atoms with van der Waals surface area (Å²) in [6, 6.07) is 0. The van der Waals surface area contributed by atoms with Crippen LogP contribution >= 0.6 is 0 Å². The molecule has 0 fully saturated rings. The van der Waals surface area contributed by atoms with E-state index in [1.807, 2.05) is 13.8 Å². The molecule has 0 spiro atoms. The molecule has 164 valence electrons. The van der Waals surface area contributed by atoms with E-state index in [2.05, 4.69) is 55.4 Å². The van der Waals surface area contributed by atoms with Crippen LogP contribution in [-0.4, -0.2) is 108 Å². The molecule has 0 aliphatic heterocycles. The average molecular weight is 413 g/mol. The highest BCUT2D eigenvalue weighted by molar-refractivity contribution is 7.79. The molecular formula is C18H40N2O6S. The zero-order valence-electron chi connectivity index (χ0n) is 18.4. The van der Waals surface area contributed by atoms with Gasteiger partial charge in [0, 0.05) is 10.4 Å². The zero-order chi connectivity index (χ0) is 22.3. The standard InChI is InChI=1S/2C9H20NO.H2O4S/c2*1-9(2)8-11-7-6-10(3,4)5;1-5(2,3)4/h2*1,6-8H2,2-5H3;(H2,1,2,3,4)/q2*+1;/p-2. The summed E-state index contributed by atoms with van der Waals surface area (Å²) in [7, 11) is 7.77. The largest absolute Gasteiger partial charge is 0.759 e. The van der Waals surface area contributed by atoms with Gasteiger partial charge in [-0.05, 0) is 13.8 Å². The van der Waals surface area contributed by atoms with Gasteiger partial charge in [0.15, 0.2) is 0 Å². The van der Waals surface area contributed by atoms with E-state index in [4.69, 9.17) is 27.0 Å². The summed E-state index contributed by atoms with van der Waals surface area (Å²) in [4.78, 5) is 0. The number of quaternary nitrogens is 2. The number of hydrogen-bond acceptors (Lipinski definition) is 6. The summed E-state index contributed by atoms with van der Waals surface area (Å²) in [5, 5.41) is 0. The lowest BCUT2D eigenvalue weighted by Crippen LogP contribution is -2.37. The van der Waals surface area contributed by atoms with Gasteiger partial charge in [0.05, 0.1) is 68.7 Å². The summed E-state index contributed by atoms with van der Waals surface area (Å²) < 4.78 is 46.7. The lowest BCUT2D eigenvalue weighted by Gasteiger charge is -2.23. The molecule has 0 amide bonds. The number of nitrogens with zero attached hydrogens (tertiary/aromatic N) is 2. The predicted molar refractivity (Wildman–Crippen MR) is 108 cm³/mol. The van der Waals surface area contributed by atoms with Crippen LogP contribution in [0.2, 0.25) is 0 Å². The first kappa shape index (κ1) is 30.9. The molecule has 9 heteroatoms. The predicted octanol–water partition coefficient (Wildman–Crippen LogP) is 1.23. The second kappa shape index (κ2) is 15.2. The molecule has 0 aliphatic rings. The Labute approximate surface area is 166 Å². The van der Waals surface area contributed by atoms with Gasteiger partial charge < -0.3 is 27.5 Å². The van der Waals surface area contributed by atoms with Crippen LogP contribution in [0.5, 0.6) is 0 Å². The molecule has 0 radical (unpaired) electrons. The van der Waals surface area contributed by atoms with Crippen molar-refractivity contribution in [2.24, 2.45) is 0 Å². The molecular weight excluding hydrogens is 372 g/mol. The minimum Gasteiger partial charge on any atom is -0.759 e. The highest BCUT2D eigenvalue weighted by atomic mass is 32.3. The van der Waals surface area contributed by atoms with E-state index in [0.29, 0.717) is 13.2 Å². The number of hydrogen-bond donors (Lipinski definition) is 0. The summed E-state index contributed by atoms with van der Waals surface area (Å²) in [5.41, 5.74) is 2.18. The maximum absolute atomic E-state index is 8.52. The second-order valence-corrected chi connectivity index (χ2v) is 9.27. The first-order chi connectivity index (χ1) is 11.8. The van der Waals surface area contributed by atoms with Crippen LogP contribution in [0.15, 0.2) is 24.3 Å². The van der Waals surface area contributed by atoms with Crippen molar-refractivity contribution in [3.8, 4) is 0 Å². The van der Waals surface area contributed by atoms with Crippen molar-refractivity contribution in [2.75, 3.05) is 81.8 Å². The van der Waals surface area contributed by atoms with E-state index < -0.39 is 10.4 Å². The molecule has 27 heavy (non-hydrogen) atoms. The topological polar surface area (TPSA) is 98.7 Å². The Morgan fingerprint density at radius 1 is 0.778 bits per heavy atom.